The van der Waals surface area contributed by atoms with E-state index in [0.717, 1.165) is 3.57 Å². The second-order valence-corrected chi connectivity index (χ2v) is 6.19. The van der Waals surface area contributed by atoms with Crippen molar-refractivity contribution in [3.8, 4) is 0 Å². The molecular formula is C8H10IN3O4S. The van der Waals surface area contributed by atoms with E-state index in [1.54, 1.807) is 6.07 Å². The molecule has 0 fully saturated rings. The molecule has 0 bridgehead atoms. The van der Waals surface area contributed by atoms with Gasteiger partial charge in [-0.1, -0.05) is 0 Å². The number of halogens is 1. The van der Waals surface area contributed by atoms with E-state index in [9.17, 15) is 18.5 Å². The molecule has 0 aromatic heterocycles. The molecule has 94 valence electrons. The van der Waals surface area contributed by atoms with E-state index in [4.69, 9.17) is 5.14 Å². The van der Waals surface area contributed by atoms with Crippen molar-refractivity contribution in [1.29, 1.82) is 0 Å². The highest BCUT2D eigenvalue weighted by Crippen LogP contribution is 2.25. The highest BCUT2D eigenvalue weighted by molar-refractivity contribution is 14.1. The minimum Gasteiger partial charge on any atom is -0.378 e. The van der Waals surface area contributed by atoms with E-state index in [2.05, 4.69) is 5.32 Å². The summed E-state index contributed by atoms with van der Waals surface area (Å²) >= 11 is 1.96. The highest BCUT2D eigenvalue weighted by Gasteiger charge is 2.14. The Morgan fingerprint density at radius 3 is 2.65 bits per heavy atom. The molecule has 0 unspecified atom stereocenters. The van der Waals surface area contributed by atoms with E-state index in [-0.39, 0.29) is 23.7 Å². The average Bonchev–Trinajstić information content (AvgIpc) is 2.18. The lowest BCUT2D eigenvalue weighted by atomic mass is 10.2. The molecule has 0 spiro atoms. The minimum absolute atomic E-state index is 0.0280. The van der Waals surface area contributed by atoms with E-state index >= 15 is 0 Å². The maximum Gasteiger partial charge on any atom is 0.293 e. The number of benzene rings is 1. The van der Waals surface area contributed by atoms with Crippen LogP contribution in [0.1, 0.15) is 0 Å². The molecule has 0 aliphatic carbocycles. The summed E-state index contributed by atoms with van der Waals surface area (Å²) in [6.07, 6.45) is 0. The van der Waals surface area contributed by atoms with Crippen LogP contribution in [0.15, 0.2) is 18.2 Å². The Kier molecular flexibility index (Phi) is 4.65. The van der Waals surface area contributed by atoms with Gasteiger partial charge in [0.25, 0.3) is 5.69 Å². The minimum atomic E-state index is -3.57. The number of nitrogens with two attached hydrogens (primary N) is 1. The molecule has 0 radical (unpaired) electrons. The number of nitrogens with zero attached hydrogens (tertiary/aromatic N) is 1. The summed E-state index contributed by atoms with van der Waals surface area (Å²) in [6.45, 7) is 0.0280. The quantitative estimate of drug-likeness (QED) is 0.453. The van der Waals surface area contributed by atoms with Gasteiger partial charge in [-0.15, -0.1) is 0 Å². The third-order valence-electron chi connectivity index (χ3n) is 1.86. The molecule has 0 aliphatic rings. The van der Waals surface area contributed by atoms with Crippen LogP contribution in [0.4, 0.5) is 11.4 Å². The van der Waals surface area contributed by atoms with Crippen molar-refractivity contribution in [3.63, 3.8) is 0 Å². The Balaban J connectivity index is 2.81. The van der Waals surface area contributed by atoms with Crippen LogP contribution in [0.25, 0.3) is 0 Å². The topological polar surface area (TPSA) is 115 Å². The zero-order valence-corrected chi connectivity index (χ0v) is 11.6. The van der Waals surface area contributed by atoms with Gasteiger partial charge in [-0.2, -0.15) is 0 Å². The fourth-order valence-corrected chi connectivity index (χ4v) is 1.99. The third-order valence-corrected chi connectivity index (χ3v) is 3.30. The Morgan fingerprint density at radius 2 is 2.12 bits per heavy atom. The molecule has 0 aliphatic heterocycles. The molecule has 9 heteroatoms. The summed E-state index contributed by atoms with van der Waals surface area (Å²) in [6, 6.07) is 4.62. The Hall–Kier alpha value is -0.940. The number of hydrogen-bond acceptors (Lipinski definition) is 5. The SMILES string of the molecule is NS(=O)(=O)CCNc1ccc(I)cc1[N+](=O)[O-]. The van der Waals surface area contributed by atoms with Gasteiger partial charge in [-0.25, -0.2) is 13.6 Å². The Bertz CT molecular complexity index is 532. The van der Waals surface area contributed by atoms with Gasteiger partial charge < -0.3 is 5.32 Å². The van der Waals surface area contributed by atoms with Crippen molar-refractivity contribution in [2.75, 3.05) is 17.6 Å². The molecular weight excluding hydrogens is 361 g/mol. The van der Waals surface area contributed by atoms with Crippen LogP contribution in [-0.2, 0) is 10.0 Å². The molecule has 0 amide bonds. The summed E-state index contributed by atoms with van der Waals surface area (Å²) in [4.78, 5) is 10.2. The molecule has 0 heterocycles. The molecule has 7 nitrogen and oxygen atoms in total. The molecule has 0 atom stereocenters. The number of hydrogen-bond donors (Lipinski definition) is 2. The number of nitro groups is 1. The maximum absolute atomic E-state index is 10.8. The van der Waals surface area contributed by atoms with Crippen molar-refractivity contribution in [1.82, 2.24) is 0 Å². The molecule has 17 heavy (non-hydrogen) atoms. The van der Waals surface area contributed by atoms with Gasteiger partial charge in [0.1, 0.15) is 5.69 Å². The summed E-state index contributed by atoms with van der Waals surface area (Å²) in [5.41, 5.74) is 0.186. The summed E-state index contributed by atoms with van der Waals surface area (Å²) in [5.74, 6) is -0.282. The first-order valence-electron chi connectivity index (χ1n) is 4.48. The first-order chi connectivity index (χ1) is 7.79. The van der Waals surface area contributed by atoms with Crippen molar-refractivity contribution in [2.24, 2.45) is 5.14 Å². The van der Waals surface area contributed by atoms with Crippen LogP contribution in [-0.4, -0.2) is 25.6 Å². The van der Waals surface area contributed by atoms with E-state index in [0.29, 0.717) is 0 Å². The predicted molar refractivity (Wildman–Crippen MR) is 72.3 cm³/mol. The van der Waals surface area contributed by atoms with Crippen LogP contribution in [0.2, 0.25) is 0 Å². The van der Waals surface area contributed by atoms with Gasteiger partial charge in [-0.05, 0) is 34.7 Å². The van der Waals surface area contributed by atoms with E-state index < -0.39 is 14.9 Å². The van der Waals surface area contributed by atoms with Gasteiger partial charge in [-0.3, -0.25) is 10.1 Å². The van der Waals surface area contributed by atoms with Crippen molar-refractivity contribution < 1.29 is 13.3 Å². The number of rotatable bonds is 5. The lowest BCUT2D eigenvalue weighted by Gasteiger charge is -2.06. The zero-order valence-electron chi connectivity index (χ0n) is 8.59. The number of anilines is 1. The number of nitrogens with one attached hydrogen (secondary N) is 1. The highest BCUT2D eigenvalue weighted by atomic mass is 127. The van der Waals surface area contributed by atoms with Crippen LogP contribution < -0.4 is 10.5 Å². The van der Waals surface area contributed by atoms with Crippen molar-refractivity contribution in [3.05, 3.63) is 31.9 Å². The Morgan fingerprint density at radius 1 is 1.47 bits per heavy atom. The molecule has 3 N–H and O–H groups in total. The second kappa shape index (κ2) is 5.60. The molecule has 0 saturated carbocycles. The summed E-state index contributed by atoms with van der Waals surface area (Å²) in [7, 11) is -3.57. The molecule has 1 aromatic rings. The normalized spacial score (nSPS) is 11.2. The lowest BCUT2D eigenvalue weighted by molar-refractivity contribution is -0.384. The largest absolute Gasteiger partial charge is 0.378 e. The van der Waals surface area contributed by atoms with Gasteiger partial charge in [0.05, 0.1) is 10.7 Å². The van der Waals surface area contributed by atoms with Gasteiger partial charge in [0.2, 0.25) is 10.0 Å². The second-order valence-electron chi connectivity index (χ2n) is 3.21. The maximum atomic E-state index is 10.8. The average molecular weight is 371 g/mol. The number of sulfonamides is 1. The van der Waals surface area contributed by atoms with Crippen LogP contribution >= 0.6 is 22.6 Å². The Labute approximate surface area is 112 Å². The van der Waals surface area contributed by atoms with E-state index in [1.165, 1.54) is 12.1 Å². The fourth-order valence-electron chi connectivity index (χ4n) is 1.13. The fraction of sp³-hybridized carbons (Fsp3) is 0.250. The number of nitro benzene ring substituents is 1. The smallest absolute Gasteiger partial charge is 0.293 e. The van der Waals surface area contributed by atoms with E-state index in [1.807, 2.05) is 22.6 Å². The lowest BCUT2D eigenvalue weighted by Crippen LogP contribution is -2.22. The zero-order chi connectivity index (χ0) is 13.1. The molecule has 0 saturated heterocycles. The van der Waals surface area contributed by atoms with Gasteiger partial charge in [0.15, 0.2) is 0 Å². The van der Waals surface area contributed by atoms with Crippen LogP contribution in [0.5, 0.6) is 0 Å². The first kappa shape index (κ1) is 14.1. The third kappa shape index (κ3) is 4.83. The predicted octanol–water partition coefficient (Wildman–Crippen LogP) is 0.900. The molecule has 1 aromatic carbocycles. The van der Waals surface area contributed by atoms with Gasteiger partial charge >= 0.3 is 0 Å². The van der Waals surface area contributed by atoms with Gasteiger partial charge in [0, 0.05) is 16.2 Å². The first-order valence-corrected chi connectivity index (χ1v) is 7.27. The summed E-state index contributed by atoms with van der Waals surface area (Å²) < 4.78 is 22.1. The summed E-state index contributed by atoms with van der Waals surface area (Å²) in [5, 5.41) is 18.2. The van der Waals surface area contributed by atoms with Crippen molar-refractivity contribution in [2.45, 2.75) is 0 Å². The number of primary sulfonamides is 1. The molecule has 1 rings (SSSR count). The standard InChI is InChI=1S/C8H10IN3O4S/c9-6-1-2-7(8(5-6)12(13)14)11-3-4-17(10,15)16/h1-2,5,11H,3-4H2,(H2,10,15,16). The van der Waals surface area contributed by atoms with Crippen LogP contribution in [0, 0.1) is 13.7 Å². The monoisotopic (exact) mass is 371 g/mol. The van der Waals surface area contributed by atoms with Crippen molar-refractivity contribution >= 4 is 44.0 Å². The van der Waals surface area contributed by atoms with Crippen LogP contribution in [0.3, 0.4) is 0 Å².